The molecule has 0 aliphatic carbocycles. The minimum Gasteiger partial charge on any atom is -0.501 e. The van der Waals surface area contributed by atoms with Crippen LogP contribution < -0.4 is 0 Å². The van der Waals surface area contributed by atoms with Crippen LogP contribution in [0.25, 0.3) is 5.70 Å². The van der Waals surface area contributed by atoms with Gasteiger partial charge in [0.05, 0.1) is 0 Å². The van der Waals surface area contributed by atoms with Crippen LogP contribution in [0.5, 0.6) is 0 Å². The van der Waals surface area contributed by atoms with Crippen molar-refractivity contribution in [3.05, 3.63) is 64.8 Å². The van der Waals surface area contributed by atoms with Crippen molar-refractivity contribution in [1.82, 2.24) is 0 Å². The van der Waals surface area contributed by atoms with Gasteiger partial charge in [-0.25, -0.2) is 0 Å². The van der Waals surface area contributed by atoms with Crippen LogP contribution in [0.3, 0.4) is 0 Å². The summed E-state index contributed by atoms with van der Waals surface area (Å²) in [5.74, 6) is 0. The number of rotatable bonds is 5. The number of nitrogens with zero attached hydrogens (tertiary/aromatic N) is 2. The lowest BCUT2D eigenvalue weighted by Crippen LogP contribution is -1.93. The standard InChI is InChI=1S/C16H18N2OS/c1-4-12(2)14(10-17-3)11-18-15(16(19)20)13-8-6-5-7-9-13/h4-11,19-20H,1H2,2-3H3/b14-12+,16-15-,17-10?,18-11-. The Morgan fingerprint density at radius 2 is 1.90 bits per heavy atom. The predicted molar refractivity (Wildman–Crippen MR) is 90.8 cm³/mol. The molecule has 1 aromatic carbocycles. The van der Waals surface area contributed by atoms with Crippen LogP contribution in [0.15, 0.2) is 69.2 Å². The van der Waals surface area contributed by atoms with Crippen LogP contribution in [0.1, 0.15) is 12.5 Å². The predicted octanol–water partition coefficient (Wildman–Crippen LogP) is 4.07. The van der Waals surface area contributed by atoms with Crippen molar-refractivity contribution < 1.29 is 5.11 Å². The minimum absolute atomic E-state index is 0.128. The molecule has 0 atom stereocenters. The van der Waals surface area contributed by atoms with Gasteiger partial charge in [0.2, 0.25) is 0 Å². The van der Waals surface area contributed by atoms with Gasteiger partial charge in [0.1, 0.15) is 5.70 Å². The van der Waals surface area contributed by atoms with Crippen LogP contribution in [0, 0.1) is 0 Å². The molecule has 1 N–H and O–H groups in total. The van der Waals surface area contributed by atoms with Crippen molar-refractivity contribution in [3.63, 3.8) is 0 Å². The Morgan fingerprint density at radius 1 is 1.25 bits per heavy atom. The third-order valence-electron chi connectivity index (χ3n) is 2.62. The average molecular weight is 286 g/mol. The molecule has 0 aliphatic rings. The molecule has 0 saturated heterocycles. The molecular weight excluding hydrogens is 268 g/mol. The van der Waals surface area contributed by atoms with E-state index in [0.717, 1.165) is 16.7 Å². The Kier molecular flexibility index (Phi) is 6.53. The van der Waals surface area contributed by atoms with Crippen LogP contribution in [-0.2, 0) is 0 Å². The molecule has 0 saturated carbocycles. The van der Waals surface area contributed by atoms with E-state index in [1.807, 2.05) is 37.3 Å². The number of benzene rings is 1. The largest absolute Gasteiger partial charge is 0.501 e. The number of allylic oxidation sites excluding steroid dienone is 3. The lowest BCUT2D eigenvalue weighted by molar-refractivity contribution is 0.459. The van der Waals surface area contributed by atoms with Crippen LogP contribution in [-0.4, -0.2) is 24.6 Å². The third-order valence-corrected chi connectivity index (χ3v) is 2.83. The monoisotopic (exact) mass is 286 g/mol. The number of hydrogen-bond donors (Lipinski definition) is 2. The molecule has 0 spiro atoms. The quantitative estimate of drug-likeness (QED) is 0.364. The maximum atomic E-state index is 9.66. The van der Waals surface area contributed by atoms with Crippen molar-refractivity contribution in [1.29, 1.82) is 0 Å². The number of aliphatic imine (C=N–C) groups is 2. The maximum Gasteiger partial charge on any atom is 0.173 e. The van der Waals surface area contributed by atoms with E-state index < -0.39 is 0 Å². The molecule has 104 valence electrons. The Hall–Kier alpha value is -2.07. The van der Waals surface area contributed by atoms with Crippen LogP contribution in [0.2, 0.25) is 0 Å². The SMILES string of the molecule is C=C/C(C)=C(C=NC)/C=N\C(=C(\O)S)c1ccccc1. The Balaban J connectivity index is 3.19. The van der Waals surface area contributed by atoms with Gasteiger partial charge in [-0.15, -0.1) is 12.6 Å². The highest BCUT2D eigenvalue weighted by Crippen LogP contribution is 2.20. The molecular formula is C16H18N2OS. The highest BCUT2D eigenvalue weighted by molar-refractivity contribution is 7.84. The molecule has 0 fully saturated rings. The van der Waals surface area contributed by atoms with Crippen LogP contribution >= 0.6 is 12.6 Å². The van der Waals surface area contributed by atoms with Crippen molar-refractivity contribution in [3.8, 4) is 0 Å². The number of aliphatic hydroxyl groups excluding tert-OH is 1. The van der Waals surface area contributed by atoms with Crippen LogP contribution in [0.4, 0.5) is 0 Å². The average Bonchev–Trinajstić information content (AvgIpc) is 2.46. The van der Waals surface area contributed by atoms with Crippen molar-refractivity contribution >= 4 is 30.8 Å². The third kappa shape index (κ3) is 4.55. The Morgan fingerprint density at radius 3 is 2.40 bits per heavy atom. The summed E-state index contributed by atoms with van der Waals surface area (Å²) in [6.45, 7) is 5.65. The van der Waals surface area contributed by atoms with Gasteiger partial charge in [-0.3, -0.25) is 9.98 Å². The number of hydrogen-bond acceptors (Lipinski definition) is 4. The molecule has 0 heterocycles. The van der Waals surface area contributed by atoms with Gasteiger partial charge in [0.15, 0.2) is 5.09 Å². The maximum absolute atomic E-state index is 9.66. The minimum atomic E-state index is -0.128. The Labute approximate surface area is 125 Å². The molecule has 0 radical (unpaired) electrons. The normalized spacial score (nSPS) is 14.3. The van der Waals surface area contributed by atoms with E-state index >= 15 is 0 Å². The molecule has 4 heteroatoms. The van der Waals surface area contributed by atoms with Gasteiger partial charge >= 0.3 is 0 Å². The lowest BCUT2D eigenvalue weighted by Gasteiger charge is -2.03. The number of aliphatic hydroxyl groups is 1. The van der Waals surface area contributed by atoms with E-state index in [-0.39, 0.29) is 5.09 Å². The second-order valence-electron chi connectivity index (χ2n) is 4.03. The lowest BCUT2D eigenvalue weighted by atomic mass is 10.1. The molecule has 3 nitrogen and oxygen atoms in total. The Bertz CT molecular complexity index is 580. The first-order valence-electron chi connectivity index (χ1n) is 6.07. The second-order valence-corrected chi connectivity index (χ2v) is 4.45. The summed E-state index contributed by atoms with van der Waals surface area (Å²) in [5.41, 5.74) is 2.98. The van der Waals surface area contributed by atoms with Crippen molar-refractivity contribution in [2.45, 2.75) is 6.92 Å². The first kappa shape index (κ1) is 16.0. The van der Waals surface area contributed by atoms with Crippen molar-refractivity contribution in [2.75, 3.05) is 7.05 Å². The summed E-state index contributed by atoms with van der Waals surface area (Å²) in [4.78, 5) is 8.29. The molecule has 0 aliphatic heterocycles. The van der Waals surface area contributed by atoms with E-state index in [9.17, 15) is 5.11 Å². The molecule has 0 bridgehead atoms. The van der Waals surface area contributed by atoms with Gasteiger partial charge in [-0.2, -0.15) is 0 Å². The van der Waals surface area contributed by atoms with Gasteiger partial charge < -0.3 is 5.11 Å². The van der Waals surface area contributed by atoms with Gasteiger partial charge in [-0.1, -0.05) is 43.0 Å². The first-order valence-corrected chi connectivity index (χ1v) is 6.52. The summed E-state index contributed by atoms with van der Waals surface area (Å²) < 4.78 is 0. The molecule has 0 amide bonds. The summed E-state index contributed by atoms with van der Waals surface area (Å²) in [6, 6.07) is 9.37. The topological polar surface area (TPSA) is 45.0 Å². The van der Waals surface area contributed by atoms with E-state index in [2.05, 4.69) is 29.2 Å². The molecule has 1 aromatic rings. The summed E-state index contributed by atoms with van der Waals surface area (Å²) in [7, 11) is 1.69. The zero-order valence-electron chi connectivity index (χ0n) is 11.6. The molecule has 0 unspecified atom stereocenters. The zero-order chi connectivity index (χ0) is 15.0. The molecule has 20 heavy (non-hydrogen) atoms. The fourth-order valence-electron chi connectivity index (χ4n) is 1.49. The van der Waals surface area contributed by atoms with E-state index in [0.29, 0.717) is 5.70 Å². The second kappa shape index (κ2) is 8.17. The highest BCUT2D eigenvalue weighted by atomic mass is 32.1. The fraction of sp³-hybridized carbons (Fsp3) is 0.125. The fourth-order valence-corrected chi connectivity index (χ4v) is 1.67. The van der Waals surface area contributed by atoms with E-state index in [4.69, 9.17) is 0 Å². The van der Waals surface area contributed by atoms with Gasteiger partial charge in [0.25, 0.3) is 0 Å². The van der Waals surface area contributed by atoms with E-state index in [1.165, 1.54) is 0 Å². The molecule has 1 rings (SSSR count). The highest BCUT2D eigenvalue weighted by Gasteiger charge is 2.04. The summed E-state index contributed by atoms with van der Waals surface area (Å²) >= 11 is 3.99. The van der Waals surface area contributed by atoms with E-state index in [1.54, 1.807) is 25.6 Å². The zero-order valence-corrected chi connectivity index (χ0v) is 12.5. The summed E-state index contributed by atoms with van der Waals surface area (Å²) in [5, 5.41) is 9.54. The smallest absolute Gasteiger partial charge is 0.173 e. The van der Waals surface area contributed by atoms with Gasteiger partial charge in [-0.05, 0) is 12.5 Å². The molecule has 0 aromatic heterocycles. The number of thiol groups is 1. The van der Waals surface area contributed by atoms with Gasteiger partial charge in [0, 0.05) is 30.6 Å². The first-order chi connectivity index (χ1) is 9.60. The van der Waals surface area contributed by atoms with Crippen molar-refractivity contribution in [2.24, 2.45) is 9.98 Å². The summed E-state index contributed by atoms with van der Waals surface area (Å²) in [6.07, 6.45) is 5.06.